The van der Waals surface area contributed by atoms with Gasteiger partial charge in [-0.3, -0.25) is 9.20 Å². The predicted molar refractivity (Wildman–Crippen MR) is 88.8 cm³/mol. The number of hydrogen-bond donors (Lipinski definition) is 0. The lowest BCUT2D eigenvalue weighted by molar-refractivity contribution is 0.298. The maximum atomic E-state index is 12.1. The zero-order chi connectivity index (χ0) is 15.5. The van der Waals surface area contributed by atoms with Gasteiger partial charge in [0, 0.05) is 17.1 Å². The van der Waals surface area contributed by atoms with Gasteiger partial charge in [0.05, 0.1) is 5.69 Å². The van der Waals surface area contributed by atoms with Crippen molar-refractivity contribution in [1.29, 1.82) is 0 Å². The molecule has 1 aromatic carbocycles. The second-order valence-electron chi connectivity index (χ2n) is 4.97. The Kier molecular flexibility index (Phi) is 4.06. The maximum Gasteiger partial charge on any atom is 0.259 e. The van der Waals surface area contributed by atoms with Crippen molar-refractivity contribution in [1.82, 2.24) is 9.38 Å². The van der Waals surface area contributed by atoms with E-state index in [1.165, 1.54) is 17.4 Å². The fourth-order valence-electron chi connectivity index (χ4n) is 2.30. The molecule has 4 nitrogen and oxygen atoms in total. The molecule has 0 aliphatic carbocycles. The first-order chi connectivity index (χ1) is 10.7. The molecule has 0 saturated carbocycles. The Morgan fingerprint density at radius 3 is 3.05 bits per heavy atom. The van der Waals surface area contributed by atoms with Crippen LogP contribution in [0.5, 0.6) is 5.75 Å². The fraction of sp³-hybridized carbons (Fsp3) is 0.176. The quantitative estimate of drug-likeness (QED) is 0.678. The summed E-state index contributed by atoms with van der Waals surface area (Å²) in [4.78, 5) is 17.3. The molecule has 0 atom stereocenters. The van der Waals surface area contributed by atoms with Gasteiger partial charge in [0.2, 0.25) is 0 Å². The second kappa shape index (κ2) is 6.15. The van der Waals surface area contributed by atoms with Crippen LogP contribution in [-0.4, -0.2) is 9.38 Å². The molecular formula is C17H16N2O2S. The molecule has 0 amide bonds. The number of allylic oxidation sites excluding steroid dienone is 1. The molecule has 2 heterocycles. The predicted octanol–water partition coefficient (Wildman–Crippen LogP) is 3.37. The lowest BCUT2D eigenvalue weighted by Gasteiger charge is -2.10. The van der Waals surface area contributed by atoms with Crippen molar-refractivity contribution >= 4 is 16.3 Å². The van der Waals surface area contributed by atoms with Crippen LogP contribution >= 0.6 is 11.3 Å². The molecule has 0 N–H and O–H groups in total. The monoisotopic (exact) mass is 312 g/mol. The van der Waals surface area contributed by atoms with Crippen molar-refractivity contribution in [2.24, 2.45) is 0 Å². The molecule has 3 rings (SSSR count). The minimum atomic E-state index is -0.0678. The summed E-state index contributed by atoms with van der Waals surface area (Å²) in [5.41, 5.74) is 2.55. The number of para-hydroxylation sites is 1. The number of ether oxygens (including phenoxy) is 1. The third kappa shape index (κ3) is 2.80. The third-order valence-electron chi connectivity index (χ3n) is 3.34. The van der Waals surface area contributed by atoms with Gasteiger partial charge < -0.3 is 4.74 Å². The van der Waals surface area contributed by atoms with E-state index in [1.54, 1.807) is 4.40 Å². The third-order valence-corrected chi connectivity index (χ3v) is 4.28. The molecular weight excluding hydrogens is 296 g/mol. The van der Waals surface area contributed by atoms with E-state index in [2.05, 4.69) is 11.6 Å². The summed E-state index contributed by atoms with van der Waals surface area (Å²) in [5.74, 6) is 0.798. The van der Waals surface area contributed by atoms with E-state index in [1.807, 2.05) is 42.6 Å². The molecule has 3 aromatic rings. The van der Waals surface area contributed by atoms with Crippen LogP contribution in [0.3, 0.4) is 0 Å². The summed E-state index contributed by atoms with van der Waals surface area (Å²) < 4.78 is 7.44. The Labute approximate surface area is 132 Å². The number of aromatic nitrogens is 2. The van der Waals surface area contributed by atoms with Crippen LogP contribution in [0, 0.1) is 6.92 Å². The van der Waals surface area contributed by atoms with E-state index in [4.69, 9.17) is 4.74 Å². The Morgan fingerprint density at radius 2 is 2.23 bits per heavy atom. The molecule has 2 aromatic heterocycles. The molecule has 5 heteroatoms. The van der Waals surface area contributed by atoms with E-state index in [0.717, 1.165) is 23.4 Å². The smallest absolute Gasteiger partial charge is 0.259 e. The highest BCUT2D eigenvalue weighted by molar-refractivity contribution is 7.15. The molecule has 112 valence electrons. The zero-order valence-corrected chi connectivity index (χ0v) is 13.1. The van der Waals surface area contributed by atoms with Gasteiger partial charge in [0.25, 0.3) is 5.56 Å². The molecule has 0 aliphatic rings. The van der Waals surface area contributed by atoms with Crippen LogP contribution in [0.15, 0.2) is 53.2 Å². The van der Waals surface area contributed by atoms with Gasteiger partial charge in [-0.15, -0.1) is 17.9 Å². The van der Waals surface area contributed by atoms with Gasteiger partial charge in [-0.1, -0.05) is 24.3 Å². The Balaban J connectivity index is 1.85. The summed E-state index contributed by atoms with van der Waals surface area (Å²) in [7, 11) is 0. The lowest BCUT2D eigenvalue weighted by atomic mass is 10.1. The number of nitrogens with zero attached hydrogens (tertiary/aromatic N) is 2. The lowest BCUT2D eigenvalue weighted by Crippen LogP contribution is -2.16. The Morgan fingerprint density at radius 1 is 1.41 bits per heavy atom. The van der Waals surface area contributed by atoms with E-state index in [-0.39, 0.29) is 12.2 Å². The van der Waals surface area contributed by atoms with Gasteiger partial charge >= 0.3 is 0 Å². The van der Waals surface area contributed by atoms with Gasteiger partial charge in [-0.2, -0.15) is 0 Å². The van der Waals surface area contributed by atoms with Crippen LogP contribution in [0.25, 0.3) is 4.96 Å². The summed E-state index contributed by atoms with van der Waals surface area (Å²) in [6.07, 6.45) is 2.59. The molecule has 0 spiro atoms. The van der Waals surface area contributed by atoms with Gasteiger partial charge in [0.15, 0.2) is 4.96 Å². The summed E-state index contributed by atoms with van der Waals surface area (Å²) in [6, 6.07) is 9.35. The zero-order valence-electron chi connectivity index (χ0n) is 12.3. The van der Waals surface area contributed by atoms with Crippen molar-refractivity contribution < 1.29 is 4.74 Å². The topological polar surface area (TPSA) is 43.6 Å². The normalized spacial score (nSPS) is 10.8. The number of hydrogen-bond acceptors (Lipinski definition) is 4. The fourth-order valence-corrected chi connectivity index (χ4v) is 3.19. The number of benzene rings is 1. The van der Waals surface area contributed by atoms with E-state index in [0.29, 0.717) is 10.7 Å². The van der Waals surface area contributed by atoms with Crippen molar-refractivity contribution in [3.05, 3.63) is 75.7 Å². The van der Waals surface area contributed by atoms with Gasteiger partial charge in [0.1, 0.15) is 12.4 Å². The number of aryl methyl sites for hydroxylation is 1. The van der Waals surface area contributed by atoms with Crippen molar-refractivity contribution in [2.75, 3.05) is 0 Å². The van der Waals surface area contributed by atoms with Crippen molar-refractivity contribution in [3.63, 3.8) is 0 Å². The first kappa shape index (κ1) is 14.5. The standard InChI is InChI=1S/C17H16N2O2S/c1-3-6-13-7-4-5-8-15(13)21-10-14-9-16(20)19-12(2)11-22-17(19)18-14/h3-5,7-9,11H,1,6,10H2,2H3. The minimum Gasteiger partial charge on any atom is -0.487 e. The Hall–Kier alpha value is -2.40. The van der Waals surface area contributed by atoms with E-state index >= 15 is 0 Å². The summed E-state index contributed by atoms with van der Waals surface area (Å²) >= 11 is 1.46. The van der Waals surface area contributed by atoms with Crippen LogP contribution in [0.1, 0.15) is 17.0 Å². The van der Waals surface area contributed by atoms with Crippen LogP contribution in [-0.2, 0) is 13.0 Å². The van der Waals surface area contributed by atoms with Crippen LogP contribution < -0.4 is 10.3 Å². The first-order valence-electron chi connectivity index (χ1n) is 6.97. The number of thiazole rings is 1. The van der Waals surface area contributed by atoms with Crippen LogP contribution in [0.2, 0.25) is 0 Å². The first-order valence-corrected chi connectivity index (χ1v) is 7.85. The Bertz CT molecular complexity index is 880. The SMILES string of the molecule is C=CCc1ccccc1OCc1cc(=O)n2c(C)csc2n1. The highest BCUT2D eigenvalue weighted by Crippen LogP contribution is 2.20. The highest BCUT2D eigenvalue weighted by Gasteiger charge is 2.08. The summed E-state index contributed by atoms with van der Waals surface area (Å²) in [6.45, 7) is 5.92. The largest absolute Gasteiger partial charge is 0.487 e. The maximum absolute atomic E-state index is 12.1. The van der Waals surface area contributed by atoms with Crippen molar-refractivity contribution in [2.45, 2.75) is 20.0 Å². The number of fused-ring (bicyclic) bond motifs is 1. The molecule has 0 aliphatic heterocycles. The minimum absolute atomic E-state index is 0.0678. The number of rotatable bonds is 5. The average Bonchev–Trinajstić information content (AvgIpc) is 2.88. The molecule has 0 saturated heterocycles. The molecule has 22 heavy (non-hydrogen) atoms. The van der Waals surface area contributed by atoms with E-state index in [9.17, 15) is 4.79 Å². The molecule has 0 fully saturated rings. The van der Waals surface area contributed by atoms with E-state index < -0.39 is 0 Å². The highest BCUT2D eigenvalue weighted by atomic mass is 32.1. The summed E-state index contributed by atoms with van der Waals surface area (Å²) in [5, 5.41) is 1.92. The second-order valence-corrected chi connectivity index (χ2v) is 5.81. The van der Waals surface area contributed by atoms with Gasteiger partial charge in [-0.25, -0.2) is 4.98 Å². The molecule has 0 radical (unpaired) electrons. The molecule has 0 bridgehead atoms. The van der Waals surface area contributed by atoms with Crippen LogP contribution in [0.4, 0.5) is 0 Å². The molecule has 0 unspecified atom stereocenters. The van der Waals surface area contributed by atoms with Gasteiger partial charge in [-0.05, 0) is 25.0 Å². The average molecular weight is 312 g/mol. The van der Waals surface area contributed by atoms with Crippen molar-refractivity contribution in [3.8, 4) is 5.75 Å².